The number of nitrogens with two attached hydrogens (primary N) is 1. The molecule has 2 N–H and O–H groups in total. The summed E-state index contributed by atoms with van der Waals surface area (Å²) in [7, 11) is 0. The first kappa shape index (κ1) is 13.8. The van der Waals surface area contributed by atoms with Crippen LogP contribution in [0.2, 0.25) is 0 Å². The lowest BCUT2D eigenvalue weighted by atomic mass is 9.82. The number of pyridine rings is 1. The van der Waals surface area contributed by atoms with E-state index < -0.39 is 0 Å². The number of hydrogen-bond acceptors (Lipinski definition) is 3. The second-order valence-corrected chi connectivity index (χ2v) is 7.27. The van der Waals surface area contributed by atoms with Crippen molar-refractivity contribution in [3.63, 3.8) is 0 Å². The van der Waals surface area contributed by atoms with Crippen molar-refractivity contribution in [1.29, 1.82) is 0 Å². The van der Waals surface area contributed by atoms with E-state index in [0.29, 0.717) is 10.4 Å². The Morgan fingerprint density at radius 2 is 2.00 bits per heavy atom. The lowest BCUT2D eigenvalue weighted by Crippen LogP contribution is -2.39. The first-order chi connectivity index (χ1) is 9.46. The van der Waals surface area contributed by atoms with Crippen LogP contribution < -0.4 is 10.6 Å². The quantitative estimate of drug-likeness (QED) is 0.850. The molecular weight excluding hydrogens is 266 g/mol. The number of rotatable bonds is 2. The van der Waals surface area contributed by atoms with Gasteiger partial charge in [-0.3, -0.25) is 0 Å². The molecule has 108 valence electrons. The standard InChI is InChI=1S/C16H23N3S/c1-16(2)6-8-19(9-7-16)15-12(14(17)20)10-11-4-3-5-13(11)18-15/h10H,3-9H2,1-2H3,(H2,17,20). The summed E-state index contributed by atoms with van der Waals surface area (Å²) in [5.74, 6) is 1.02. The van der Waals surface area contributed by atoms with Gasteiger partial charge in [0.1, 0.15) is 10.8 Å². The lowest BCUT2D eigenvalue weighted by molar-refractivity contribution is 0.279. The van der Waals surface area contributed by atoms with Gasteiger partial charge in [0.2, 0.25) is 0 Å². The van der Waals surface area contributed by atoms with E-state index in [9.17, 15) is 0 Å². The number of piperidine rings is 1. The molecule has 0 radical (unpaired) electrons. The lowest BCUT2D eigenvalue weighted by Gasteiger charge is -2.38. The first-order valence-corrected chi connectivity index (χ1v) is 7.95. The molecule has 3 rings (SSSR count). The topological polar surface area (TPSA) is 42.2 Å². The highest BCUT2D eigenvalue weighted by Gasteiger charge is 2.28. The van der Waals surface area contributed by atoms with Crippen molar-refractivity contribution in [3.8, 4) is 0 Å². The van der Waals surface area contributed by atoms with Crippen molar-refractivity contribution in [3.05, 3.63) is 22.9 Å². The van der Waals surface area contributed by atoms with Crippen molar-refractivity contribution >= 4 is 23.0 Å². The van der Waals surface area contributed by atoms with Crippen molar-refractivity contribution < 1.29 is 0 Å². The summed E-state index contributed by atoms with van der Waals surface area (Å²) in [4.78, 5) is 7.76. The van der Waals surface area contributed by atoms with E-state index in [0.717, 1.165) is 37.3 Å². The first-order valence-electron chi connectivity index (χ1n) is 7.54. The molecule has 4 heteroatoms. The smallest absolute Gasteiger partial charge is 0.139 e. The Kier molecular flexibility index (Phi) is 3.44. The van der Waals surface area contributed by atoms with Gasteiger partial charge in [0, 0.05) is 18.8 Å². The van der Waals surface area contributed by atoms with E-state index in [-0.39, 0.29) is 0 Å². The summed E-state index contributed by atoms with van der Waals surface area (Å²) in [5.41, 5.74) is 9.94. The number of nitrogens with zero attached hydrogens (tertiary/aromatic N) is 2. The molecule has 1 fully saturated rings. The zero-order chi connectivity index (χ0) is 14.3. The van der Waals surface area contributed by atoms with Gasteiger partial charge in [-0.15, -0.1) is 0 Å². The molecule has 0 saturated carbocycles. The van der Waals surface area contributed by atoms with E-state index in [1.54, 1.807) is 0 Å². The molecule has 1 aliphatic carbocycles. The Hall–Kier alpha value is -1.16. The Bertz CT molecular complexity index is 541. The van der Waals surface area contributed by atoms with Crippen LogP contribution in [0.4, 0.5) is 5.82 Å². The highest BCUT2D eigenvalue weighted by atomic mass is 32.1. The Morgan fingerprint density at radius 3 is 2.65 bits per heavy atom. The third-order valence-corrected chi connectivity index (χ3v) is 4.93. The van der Waals surface area contributed by atoms with Crippen LogP contribution in [-0.4, -0.2) is 23.1 Å². The molecule has 0 bridgehead atoms. The van der Waals surface area contributed by atoms with Crippen LogP contribution >= 0.6 is 12.2 Å². The fraction of sp³-hybridized carbons (Fsp3) is 0.625. The fourth-order valence-electron chi connectivity index (χ4n) is 3.21. The minimum Gasteiger partial charge on any atom is -0.389 e. The number of hydrogen-bond donors (Lipinski definition) is 1. The third-order valence-electron chi connectivity index (χ3n) is 4.71. The van der Waals surface area contributed by atoms with E-state index in [4.69, 9.17) is 22.9 Å². The summed E-state index contributed by atoms with van der Waals surface area (Å²) in [5, 5.41) is 0. The molecule has 1 aromatic heterocycles. The molecule has 0 atom stereocenters. The average Bonchev–Trinajstić information content (AvgIpc) is 2.84. The molecule has 0 aromatic carbocycles. The zero-order valence-electron chi connectivity index (χ0n) is 12.4. The van der Waals surface area contributed by atoms with Gasteiger partial charge in [-0.25, -0.2) is 4.98 Å². The van der Waals surface area contributed by atoms with Gasteiger partial charge >= 0.3 is 0 Å². The van der Waals surface area contributed by atoms with E-state index in [2.05, 4.69) is 24.8 Å². The minimum absolute atomic E-state index is 0.441. The second kappa shape index (κ2) is 4.99. The Labute approximate surface area is 126 Å². The van der Waals surface area contributed by atoms with Gasteiger partial charge in [0.25, 0.3) is 0 Å². The second-order valence-electron chi connectivity index (χ2n) is 6.83. The van der Waals surface area contributed by atoms with Crippen molar-refractivity contribution in [1.82, 2.24) is 4.98 Å². The maximum absolute atomic E-state index is 5.93. The summed E-state index contributed by atoms with van der Waals surface area (Å²) in [6.07, 6.45) is 5.81. The predicted molar refractivity (Wildman–Crippen MR) is 87.4 cm³/mol. The number of fused-ring (bicyclic) bond motifs is 1. The SMILES string of the molecule is CC1(C)CCN(c2nc3c(cc2C(N)=S)CCC3)CC1. The summed E-state index contributed by atoms with van der Waals surface area (Å²) in [6, 6.07) is 2.19. The largest absolute Gasteiger partial charge is 0.389 e. The molecule has 1 aromatic rings. The highest BCUT2D eigenvalue weighted by molar-refractivity contribution is 7.80. The molecule has 3 nitrogen and oxygen atoms in total. The van der Waals surface area contributed by atoms with Crippen LogP contribution in [0, 0.1) is 5.41 Å². The molecule has 0 spiro atoms. The molecule has 0 amide bonds. The molecule has 2 heterocycles. The van der Waals surface area contributed by atoms with Crippen LogP contribution in [-0.2, 0) is 12.8 Å². The fourth-order valence-corrected chi connectivity index (χ4v) is 3.36. The van der Waals surface area contributed by atoms with Gasteiger partial charge in [-0.05, 0) is 49.1 Å². The van der Waals surface area contributed by atoms with Crippen LogP contribution in [0.25, 0.3) is 0 Å². The van der Waals surface area contributed by atoms with Gasteiger partial charge in [0.15, 0.2) is 0 Å². The van der Waals surface area contributed by atoms with E-state index in [1.807, 2.05) is 0 Å². The van der Waals surface area contributed by atoms with Gasteiger partial charge < -0.3 is 10.6 Å². The van der Waals surface area contributed by atoms with Crippen molar-refractivity contribution in [2.24, 2.45) is 11.1 Å². The molecule has 1 aliphatic heterocycles. The van der Waals surface area contributed by atoms with Crippen LogP contribution in [0.1, 0.15) is 49.9 Å². The number of thiocarbonyl (C=S) groups is 1. The average molecular weight is 289 g/mol. The van der Waals surface area contributed by atoms with Crippen molar-refractivity contribution in [2.75, 3.05) is 18.0 Å². The van der Waals surface area contributed by atoms with E-state index >= 15 is 0 Å². The molecule has 20 heavy (non-hydrogen) atoms. The van der Waals surface area contributed by atoms with Crippen molar-refractivity contribution in [2.45, 2.75) is 46.0 Å². The van der Waals surface area contributed by atoms with E-state index in [1.165, 1.54) is 30.5 Å². The minimum atomic E-state index is 0.441. The zero-order valence-corrected chi connectivity index (χ0v) is 13.2. The number of anilines is 1. The highest BCUT2D eigenvalue weighted by Crippen LogP contribution is 2.34. The van der Waals surface area contributed by atoms with Crippen LogP contribution in [0.15, 0.2) is 6.07 Å². The molecular formula is C16H23N3S. The normalized spacial score (nSPS) is 20.8. The third kappa shape index (κ3) is 2.53. The summed E-state index contributed by atoms with van der Waals surface area (Å²) in [6.45, 7) is 6.78. The molecule has 2 aliphatic rings. The summed E-state index contributed by atoms with van der Waals surface area (Å²) >= 11 is 5.25. The monoisotopic (exact) mass is 289 g/mol. The Morgan fingerprint density at radius 1 is 1.30 bits per heavy atom. The number of aromatic nitrogens is 1. The summed E-state index contributed by atoms with van der Waals surface area (Å²) < 4.78 is 0. The van der Waals surface area contributed by atoms with Gasteiger partial charge in [0.05, 0.1) is 5.56 Å². The maximum atomic E-state index is 5.93. The Balaban J connectivity index is 1.94. The van der Waals surface area contributed by atoms with Crippen LogP contribution in [0.5, 0.6) is 0 Å². The molecule has 1 saturated heterocycles. The number of aryl methyl sites for hydroxylation is 2. The molecule has 0 unspecified atom stereocenters. The van der Waals surface area contributed by atoms with Gasteiger partial charge in [-0.1, -0.05) is 26.1 Å². The maximum Gasteiger partial charge on any atom is 0.139 e. The van der Waals surface area contributed by atoms with Crippen LogP contribution in [0.3, 0.4) is 0 Å². The predicted octanol–water partition coefficient (Wildman–Crippen LogP) is 2.83. The van der Waals surface area contributed by atoms with Gasteiger partial charge in [-0.2, -0.15) is 0 Å².